The summed E-state index contributed by atoms with van der Waals surface area (Å²) in [6, 6.07) is 0. The number of alkyl halides is 1. The number of aromatic nitrogens is 2. The fourth-order valence-corrected chi connectivity index (χ4v) is 1.57. The number of aromatic amines is 1. The van der Waals surface area contributed by atoms with Crippen LogP contribution < -0.4 is 16.1 Å². The lowest BCUT2D eigenvalue weighted by molar-refractivity contribution is 0.797. The monoisotopic (exact) mass is 196 g/mol. The number of halogens is 1. The molecule has 0 bridgehead atoms. The molecule has 1 N–H and O–H groups in total. The van der Waals surface area contributed by atoms with Crippen molar-refractivity contribution in [1.82, 2.24) is 9.97 Å². The van der Waals surface area contributed by atoms with E-state index in [2.05, 4.69) is 9.97 Å². The van der Waals surface area contributed by atoms with E-state index in [1.54, 1.807) is 0 Å². The maximum absolute atomic E-state index is 11.3. The number of rotatable bonds is 0. The van der Waals surface area contributed by atoms with Crippen molar-refractivity contribution in [3.63, 3.8) is 0 Å². The van der Waals surface area contributed by atoms with Gasteiger partial charge in [0.25, 0.3) is 5.56 Å². The van der Waals surface area contributed by atoms with E-state index in [1.165, 1.54) is 6.33 Å². The molecule has 0 radical (unpaired) electrons. The van der Waals surface area contributed by atoms with Gasteiger partial charge in [-0.2, -0.15) is 0 Å². The molecule has 1 heterocycles. The summed E-state index contributed by atoms with van der Waals surface area (Å²) in [5.74, 6) is 0.180. The molecule has 2 atom stereocenters. The Morgan fingerprint density at radius 3 is 3.08 bits per heavy atom. The van der Waals surface area contributed by atoms with Gasteiger partial charge >= 0.3 is 0 Å². The summed E-state index contributed by atoms with van der Waals surface area (Å²) in [4.78, 5) is 17.9. The second-order valence-electron chi connectivity index (χ2n) is 3.17. The Bertz CT molecular complexity index is 491. The third kappa shape index (κ3) is 1.40. The molecule has 0 aromatic carbocycles. The first kappa shape index (κ1) is 8.51. The van der Waals surface area contributed by atoms with Crippen LogP contribution in [0.25, 0.3) is 12.2 Å². The molecule has 2 rings (SSSR count). The minimum Gasteiger partial charge on any atom is -0.313 e. The highest BCUT2D eigenvalue weighted by Gasteiger charge is 2.13. The van der Waals surface area contributed by atoms with Gasteiger partial charge < -0.3 is 4.98 Å². The predicted octanol–water partition coefficient (Wildman–Crippen LogP) is -0.412. The predicted molar refractivity (Wildman–Crippen MR) is 51.8 cm³/mol. The zero-order valence-electron chi connectivity index (χ0n) is 7.12. The van der Waals surface area contributed by atoms with Crippen molar-refractivity contribution in [3.05, 3.63) is 27.2 Å². The van der Waals surface area contributed by atoms with E-state index in [0.717, 1.165) is 0 Å². The number of H-pyrrole nitrogens is 1. The molecule has 68 valence electrons. The Morgan fingerprint density at radius 2 is 2.31 bits per heavy atom. The standard InChI is InChI=1S/C9H9ClN2O/c1-5-2-6-8(3-7(5)10)11-4-12-9(6)13/h2-5,7H,1H3,(H,11,12,13). The van der Waals surface area contributed by atoms with Crippen LogP contribution in [-0.2, 0) is 0 Å². The number of nitrogens with one attached hydrogen (secondary N) is 1. The Kier molecular flexibility index (Phi) is 1.96. The van der Waals surface area contributed by atoms with Crippen molar-refractivity contribution >= 4 is 23.8 Å². The van der Waals surface area contributed by atoms with Crippen LogP contribution >= 0.6 is 11.6 Å². The SMILES string of the molecule is CC1C=c2c(nc[nH]c2=O)=CC1Cl. The van der Waals surface area contributed by atoms with Gasteiger partial charge in [0.05, 0.1) is 22.3 Å². The third-order valence-corrected chi connectivity index (χ3v) is 2.69. The van der Waals surface area contributed by atoms with Gasteiger partial charge in [-0.25, -0.2) is 4.98 Å². The van der Waals surface area contributed by atoms with Crippen LogP contribution in [0.1, 0.15) is 6.92 Å². The summed E-state index contributed by atoms with van der Waals surface area (Å²) in [5, 5.41) is 1.25. The Balaban J connectivity index is 2.85. The summed E-state index contributed by atoms with van der Waals surface area (Å²) in [7, 11) is 0. The normalized spacial score (nSPS) is 25.7. The van der Waals surface area contributed by atoms with Gasteiger partial charge in [0, 0.05) is 0 Å². The molecule has 0 fully saturated rings. The quantitative estimate of drug-likeness (QED) is 0.574. The van der Waals surface area contributed by atoms with Crippen molar-refractivity contribution in [1.29, 1.82) is 0 Å². The second kappa shape index (κ2) is 3.00. The average Bonchev–Trinajstić information content (AvgIpc) is 2.09. The van der Waals surface area contributed by atoms with Gasteiger partial charge in [0.2, 0.25) is 0 Å². The van der Waals surface area contributed by atoms with Gasteiger partial charge in [0.15, 0.2) is 0 Å². The number of hydrogen-bond acceptors (Lipinski definition) is 2. The largest absolute Gasteiger partial charge is 0.313 e. The van der Waals surface area contributed by atoms with Gasteiger partial charge in [-0.3, -0.25) is 4.79 Å². The lowest BCUT2D eigenvalue weighted by atomic mass is 10.0. The van der Waals surface area contributed by atoms with Crippen LogP contribution in [0.15, 0.2) is 11.1 Å². The fraction of sp³-hybridized carbons (Fsp3) is 0.333. The number of hydrogen-bond donors (Lipinski definition) is 1. The molecule has 2 unspecified atom stereocenters. The summed E-state index contributed by atoms with van der Waals surface area (Å²) in [5.41, 5.74) is -0.100. The highest BCUT2D eigenvalue weighted by Crippen LogP contribution is 2.13. The molecule has 0 amide bonds. The molecule has 0 aliphatic heterocycles. The Labute approximate surface area is 79.8 Å². The van der Waals surface area contributed by atoms with Gasteiger partial charge in [-0.05, 0) is 12.0 Å². The van der Waals surface area contributed by atoms with Crippen LogP contribution in [0, 0.1) is 5.92 Å². The van der Waals surface area contributed by atoms with Gasteiger partial charge in [-0.15, -0.1) is 11.6 Å². The van der Waals surface area contributed by atoms with E-state index in [1.807, 2.05) is 19.1 Å². The molecule has 1 aliphatic rings. The lowest BCUT2D eigenvalue weighted by Gasteiger charge is -2.12. The minimum absolute atomic E-state index is 0.0678. The van der Waals surface area contributed by atoms with E-state index in [4.69, 9.17) is 11.6 Å². The molecule has 0 spiro atoms. The Hall–Kier alpha value is -1.09. The van der Waals surface area contributed by atoms with E-state index < -0.39 is 0 Å². The topological polar surface area (TPSA) is 45.8 Å². The Morgan fingerprint density at radius 1 is 1.54 bits per heavy atom. The van der Waals surface area contributed by atoms with Crippen molar-refractivity contribution in [2.24, 2.45) is 5.92 Å². The second-order valence-corrected chi connectivity index (χ2v) is 3.67. The molecule has 3 nitrogen and oxygen atoms in total. The van der Waals surface area contributed by atoms with Crippen molar-refractivity contribution in [2.45, 2.75) is 12.3 Å². The van der Waals surface area contributed by atoms with Crippen LogP contribution in [-0.4, -0.2) is 15.3 Å². The summed E-state index contributed by atoms with van der Waals surface area (Å²) in [6.07, 6.45) is 5.07. The summed E-state index contributed by atoms with van der Waals surface area (Å²) in [6.45, 7) is 1.98. The van der Waals surface area contributed by atoms with E-state index in [0.29, 0.717) is 10.6 Å². The summed E-state index contributed by atoms with van der Waals surface area (Å²) < 4.78 is 0. The van der Waals surface area contributed by atoms with Crippen LogP contribution in [0.3, 0.4) is 0 Å². The van der Waals surface area contributed by atoms with Crippen LogP contribution in [0.4, 0.5) is 0 Å². The van der Waals surface area contributed by atoms with Crippen molar-refractivity contribution in [2.75, 3.05) is 0 Å². The molecule has 1 aromatic heterocycles. The first-order valence-corrected chi connectivity index (χ1v) is 4.53. The third-order valence-electron chi connectivity index (χ3n) is 2.17. The van der Waals surface area contributed by atoms with Crippen LogP contribution in [0.2, 0.25) is 0 Å². The van der Waals surface area contributed by atoms with E-state index >= 15 is 0 Å². The maximum atomic E-state index is 11.3. The highest BCUT2D eigenvalue weighted by molar-refractivity contribution is 6.24. The van der Waals surface area contributed by atoms with E-state index in [-0.39, 0.29) is 16.9 Å². The summed E-state index contributed by atoms with van der Waals surface area (Å²) >= 11 is 6.01. The molecule has 1 aromatic rings. The zero-order chi connectivity index (χ0) is 9.42. The van der Waals surface area contributed by atoms with Crippen molar-refractivity contribution < 1.29 is 0 Å². The molecule has 4 heteroatoms. The maximum Gasteiger partial charge on any atom is 0.258 e. The molecular weight excluding hydrogens is 188 g/mol. The molecule has 1 aliphatic carbocycles. The first-order valence-electron chi connectivity index (χ1n) is 4.10. The smallest absolute Gasteiger partial charge is 0.258 e. The molecule has 13 heavy (non-hydrogen) atoms. The molecule has 0 saturated heterocycles. The lowest BCUT2D eigenvalue weighted by Crippen LogP contribution is -2.46. The van der Waals surface area contributed by atoms with Crippen LogP contribution in [0.5, 0.6) is 0 Å². The molecular formula is C9H9ClN2O. The van der Waals surface area contributed by atoms with Crippen molar-refractivity contribution in [3.8, 4) is 0 Å². The minimum atomic E-state index is -0.100. The van der Waals surface area contributed by atoms with Gasteiger partial charge in [0.1, 0.15) is 0 Å². The van der Waals surface area contributed by atoms with Gasteiger partial charge in [-0.1, -0.05) is 13.0 Å². The number of fused-ring (bicyclic) bond motifs is 1. The first-order chi connectivity index (χ1) is 6.18. The number of nitrogens with zero attached hydrogens (tertiary/aromatic N) is 1. The fourth-order valence-electron chi connectivity index (χ4n) is 1.38. The average molecular weight is 197 g/mol. The zero-order valence-corrected chi connectivity index (χ0v) is 7.88. The van der Waals surface area contributed by atoms with E-state index in [9.17, 15) is 4.79 Å². The molecule has 0 saturated carbocycles. The highest BCUT2D eigenvalue weighted by atomic mass is 35.5.